The number of urea groups is 1. The van der Waals surface area contributed by atoms with E-state index in [1.807, 2.05) is 0 Å². The van der Waals surface area contributed by atoms with Crippen LogP contribution < -0.4 is 10.1 Å². The Labute approximate surface area is 190 Å². The molecule has 1 saturated heterocycles. The van der Waals surface area contributed by atoms with Gasteiger partial charge in [-0.3, -0.25) is 10.1 Å². The zero-order valence-electron chi connectivity index (χ0n) is 18.4. The molecule has 1 aliphatic carbocycles. The molecule has 0 unspecified atom stereocenters. The van der Waals surface area contributed by atoms with E-state index >= 15 is 0 Å². The number of ether oxygens (including phenoxy) is 1. The Morgan fingerprint density at radius 2 is 1.91 bits per heavy atom. The quantitative estimate of drug-likeness (QED) is 0.382. The first kappa shape index (κ1) is 25.1. The minimum atomic E-state index is -3.47. The lowest BCUT2D eigenvalue weighted by molar-refractivity contribution is -0.124. The van der Waals surface area contributed by atoms with Gasteiger partial charge in [-0.2, -0.15) is 0 Å². The Morgan fingerprint density at radius 1 is 1.21 bits per heavy atom. The lowest BCUT2D eigenvalue weighted by Gasteiger charge is -2.26. The van der Waals surface area contributed by atoms with Crippen molar-refractivity contribution in [1.29, 1.82) is 0 Å². The summed E-state index contributed by atoms with van der Waals surface area (Å²) in [6.45, 7) is 2.48. The van der Waals surface area contributed by atoms with Crippen LogP contribution in [0.25, 0.3) is 0 Å². The van der Waals surface area contributed by atoms with E-state index in [-0.39, 0.29) is 36.1 Å². The van der Waals surface area contributed by atoms with Crippen molar-refractivity contribution in [2.75, 3.05) is 24.7 Å². The molecule has 11 heteroatoms. The minimum absolute atomic E-state index is 0.115. The second kappa shape index (κ2) is 9.36. The van der Waals surface area contributed by atoms with Crippen LogP contribution in [0.5, 0.6) is 5.75 Å². The van der Waals surface area contributed by atoms with Crippen molar-refractivity contribution in [2.24, 2.45) is 0 Å². The molecule has 3 rings (SSSR count). The first-order valence-corrected chi connectivity index (χ1v) is 12.4. The van der Waals surface area contributed by atoms with E-state index in [4.69, 9.17) is 4.74 Å². The normalized spacial score (nSPS) is 19.4. The number of nitrogens with zero attached hydrogens (tertiary/aromatic N) is 1. The molecule has 0 bridgehead atoms. The van der Waals surface area contributed by atoms with Gasteiger partial charge in [0.25, 0.3) is 12.3 Å². The minimum Gasteiger partial charge on any atom is -0.485 e. The molecule has 1 aliphatic heterocycles. The van der Waals surface area contributed by atoms with E-state index in [1.165, 1.54) is 17.0 Å². The molecular weight excluding hydrogens is 461 g/mol. The highest BCUT2D eigenvalue weighted by Crippen LogP contribution is 2.50. The number of carbonyl (C=O) groups excluding carboxylic acids is 2. The summed E-state index contributed by atoms with van der Waals surface area (Å²) in [4.78, 5) is 25.0. The SMILES string of the molecule is CC1(C)C(=O)NC(=O)N1C/C=C/CCS(=O)(=O)CC1(c2ccc(F)c(OCC(F)F)c2)CC1. The zero-order valence-corrected chi connectivity index (χ0v) is 19.3. The number of nitrogens with one attached hydrogen (secondary N) is 1. The van der Waals surface area contributed by atoms with Crippen molar-refractivity contribution in [3.8, 4) is 5.75 Å². The number of allylic oxidation sites excluding steroid dienone is 1. The molecule has 182 valence electrons. The molecule has 2 fully saturated rings. The van der Waals surface area contributed by atoms with Gasteiger partial charge in [0.2, 0.25) is 0 Å². The average Bonchev–Trinajstić information content (AvgIpc) is 3.45. The van der Waals surface area contributed by atoms with Crippen LogP contribution in [0.4, 0.5) is 18.0 Å². The molecule has 0 radical (unpaired) electrons. The number of alkyl halides is 2. The molecule has 1 saturated carbocycles. The van der Waals surface area contributed by atoms with Gasteiger partial charge >= 0.3 is 6.03 Å². The van der Waals surface area contributed by atoms with Crippen LogP contribution in [-0.2, 0) is 20.0 Å². The number of amides is 3. The number of imide groups is 1. The standard InChI is InChI=1S/C22H27F3N2O5S/c1-21(2)19(28)26-20(29)27(21)10-4-3-5-11-33(30,31)14-22(8-9-22)15-6-7-16(23)17(12-15)32-13-18(24)25/h3-4,6-7,12,18H,5,8-11,13-14H2,1-2H3,(H,26,28,29)/b4-3+. The van der Waals surface area contributed by atoms with Crippen LogP contribution in [0.1, 0.15) is 38.7 Å². The van der Waals surface area contributed by atoms with Gasteiger partial charge in [0.1, 0.15) is 12.1 Å². The zero-order chi connectivity index (χ0) is 24.4. The second-order valence-corrected chi connectivity index (χ2v) is 11.1. The number of halogens is 3. The van der Waals surface area contributed by atoms with Gasteiger partial charge < -0.3 is 9.64 Å². The molecular formula is C22H27F3N2O5S. The van der Waals surface area contributed by atoms with Crippen LogP contribution in [0.15, 0.2) is 30.4 Å². The lowest BCUT2D eigenvalue weighted by atomic mass is 9.98. The monoisotopic (exact) mass is 488 g/mol. The van der Waals surface area contributed by atoms with E-state index in [9.17, 15) is 31.2 Å². The topological polar surface area (TPSA) is 92.8 Å². The van der Waals surface area contributed by atoms with Gasteiger partial charge in [-0.1, -0.05) is 18.2 Å². The summed E-state index contributed by atoms with van der Waals surface area (Å²) in [5.74, 6) is -1.73. The van der Waals surface area contributed by atoms with Crippen molar-refractivity contribution in [2.45, 2.75) is 50.5 Å². The molecule has 1 aromatic carbocycles. The Bertz CT molecular complexity index is 1050. The van der Waals surface area contributed by atoms with E-state index in [1.54, 1.807) is 26.0 Å². The van der Waals surface area contributed by atoms with Crippen LogP contribution in [0.3, 0.4) is 0 Å². The highest BCUT2D eigenvalue weighted by Gasteiger charge is 2.48. The third kappa shape index (κ3) is 5.87. The fourth-order valence-corrected chi connectivity index (χ4v) is 5.74. The van der Waals surface area contributed by atoms with Gasteiger partial charge in [0.05, 0.1) is 11.5 Å². The summed E-state index contributed by atoms with van der Waals surface area (Å²) in [6.07, 6.45) is 1.97. The van der Waals surface area contributed by atoms with Crippen molar-refractivity contribution >= 4 is 21.8 Å². The van der Waals surface area contributed by atoms with Gasteiger partial charge in [0.15, 0.2) is 21.4 Å². The molecule has 1 aromatic rings. The van der Waals surface area contributed by atoms with Crippen molar-refractivity contribution in [3.05, 3.63) is 41.7 Å². The predicted octanol–water partition coefficient (Wildman–Crippen LogP) is 3.19. The maximum atomic E-state index is 13.9. The number of carbonyl (C=O) groups is 2. The van der Waals surface area contributed by atoms with Gasteiger partial charge in [-0.15, -0.1) is 0 Å². The molecule has 0 aromatic heterocycles. The van der Waals surface area contributed by atoms with Crippen molar-refractivity contribution in [1.82, 2.24) is 10.2 Å². The van der Waals surface area contributed by atoms with E-state index in [2.05, 4.69) is 5.32 Å². The number of hydrogen-bond donors (Lipinski definition) is 1. The van der Waals surface area contributed by atoms with Crippen LogP contribution >= 0.6 is 0 Å². The molecule has 33 heavy (non-hydrogen) atoms. The van der Waals surface area contributed by atoms with E-state index in [0.29, 0.717) is 18.4 Å². The van der Waals surface area contributed by atoms with Crippen LogP contribution in [0.2, 0.25) is 0 Å². The fourth-order valence-electron chi connectivity index (χ4n) is 3.81. The second-order valence-electron chi connectivity index (χ2n) is 8.91. The number of benzene rings is 1. The van der Waals surface area contributed by atoms with E-state index < -0.39 is 45.7 Å². The van der Waals surface area contributed by atoms with Crippen molar-refractivity contribution in [3.63, 3.8) is 0 Å². The molecule has 0 spiro atoms. The Morgan fingerprint density at radius 3 is 2.48 bits per heavy atom. The van der Waals surface area contributed by atoms with Crippen molar-refractivity contribution < 1.29 is 35.9 Å². The molecule has 1 heterocycles. The molecule has 0 atom stereocenters. The number of rotatable bonds is 11. The molecule has 7 nitrogen and oxygen atoms in total. The third-order valence-electron chi connectivity index (χ3n) is 6.00. The first-order chi connectivity index (χ1) is 15.4. The number of hydrogen-bond acceptors (Lipinski definition) is 5. The summed E-state index contributed by atoms with van der Waals surface area (Å²) in [6, 6.07) is 3.39. The lowest BCUT2D eigenvalue weighted by Crippen LogP contribution is -2.44. The van der Waals surface area contributed by atoms with Gasteiger partial charge in [-0.25, -0.2) is 26.4 Å². The summed E-state index contributed by atoms with van der Waals surface area (Å²) in [7, 11) is -3.47. The summed E-state index contributed by atoms with van der Waals surface area (Å²) < 4.78 is 68.8. The first-order valence-electron chi connectivity index (χ1n) is 10.6. The third-order valence-corrected chi connectivity index (χ3v) is 7.85. The van der Waals surface area contributed by atoms with Gasteiger partial charge in [0, 0.05) is 12.0 Å². The maximum Gasteiger partial charge on any atom is 0.325 e. The molecule has 1 N–H and O–H groups in total. The Kier molecular flexibility index (Phi) is 7.11. The average molecular weight is 489 g/mol. The molecule has 3 amide bonds. The molecule has 2 aliphatic rings. The Balaban J connectivity index is 1.56. The highest BCUT2D eigenvalue weighted by molar-refractivity contribution is 7.91. The van der Waals surface area contributed by atoms with Crippen LogP contribution in [-0.4, -0.2) is 61.9 Å². The summed E-state index contributed by atoms with van der Waals surface area (Å²) in [5, 5.41) is 2.24. The summed E-state index contributed by atoms with van der Waals surface area (Å²) >= 11 is 0. The Hall–Kier alpha value is -2.56. The maximum absolute atomic E-state index is 13.9. The summed E-state index contributed by atoms with van der Waals surface area (Å²) in [5.41, 5.74) is -1.09. The highest BCUT2D eigenvalue weighted by atomic mass is 32.2. The predicted molar refractivity (Wildman–Crippen MR) is 116 cm³/mol. The van der Waals surface area contributed by atoms with Crippen LogP contribution in [0, 0.1) is 5.82 Å². The smallest absolute Gasteiger partial charge is 0.325 e. The van der Waals surface area contributed by atoms with Gasteiger partial charge in [-0.05, 0) is 50.8 Å². The largest absolute Gasteiger partial charge is 0.485 e. The van der Waals surface area contributed by atoms with E-state index in [0.717, 1.165) is 6.07 Å². The fraction of sp³-hybridized carbons (Fsp3) is 0.545. The number of sulfone groups is 1.